The van der Waals surface area contributed by atoms with Gasteiger partial charge in [-0.1, -0.05) is 24.3 Å². The summed E-state index contributed by atoms with van der Waals surface area (Å²) in [6, 6.07) is 12.9. The van der Waals surface area contributed by atoms with Crippen LogP contribution < -0.4 is 4.90 Å². The van der Waals surface area contributed by atoms with Gasteiger partial charge in [-0.15, -0.1) is 0 Å². The van der Waals surface area contributed by atoms with Gasteiger partial charge in [0.05, 0.1) is 0 Å². The Morgan fingerprint density at radius 1 is 1.16 bits per heavy atom. The van der Waals surface area contributed by atoms with E-state index >= 15 is 0 Å². The molecule has 0 N–H and O–H groups in total. The Kier molecular flexibility index (Phi) is 3.02. The van der Waals surface area contributed by atoms with Crippen LogP contribution >= 0.6 is 0 Å². The predicted octanol–water partition coefficient (Wildman–Crippen LogP) is 4.03. The number of anilines is 1. The van der Waals surface area contributed by atoms with E-state index in [2.05, 4.69) is 36.1 Å². The fourth-order valence-corrected chi connectivity index (χ4v) is 3.13. The molecule has 2 aromatic rings. The maximum absolute atomic E-state index is 11.7. The summed E-state index contributed by atoms with van der Waals surface area (Å²) in [4.78, 5) is 14.2. The van der Waals surface area contributed by atoms with Crippen molar-refractivity contribution in [3.05, 3.63) is 42.0 Å². The van der Waals surface area contributed by atoms with Crippen molar-refractivity contribution in [2.75, 3.05) is 11.4 Å². The molecule has 1 aliphatic heterocycles. The second-order valence-corrected chi connectivity index (χ2v) is 5.42. The zero-order valence-corrected chi connectivity index (χ0v) is 11.5. The van der Waals surface area contributed by atoms with Crippen LogP contribution in [0.25, 0.3) is 10.8 Å². The molecule has 19 heavy (non-hydrogen) atoms. The molecule has 0 aliphatic carbocycles. The van der Waals surface area contributed by atoms with Crippen LogP contribution in [0.4, 0.5) is 5.69 Å². The average molecular weight is 253 g/mol. The lowest BCUT2D eigenvalue weighted by Gasteiger charge is -2.26. The monoisotopic (exact) mass is 253 g/mol. The predicted molar refractivity (Wildman–Crippen MR) is 80.0 cm³/mol. The van der Waals surface area contributed by atoms with Crippen molar-refractivity contribution in [1.29, 1.82) is 0 Å². The molecule has 1 fully saturated rings. The second kappa shape index (κ2) is 4.69. The van der Waals surface area contributed by atoms with Crippen LogP contribution in [-0.4, -0.2) is 18.4 Å². The summed E-state index contributed by atoms with van der Waals surface area (Å²) in [5.41, 5.74) is 2.09. The van der Waals surface area contributed by atoms with E-state index in [9.17, 15) is 4.79 Å². The van der Waals surface area contributed by atoms with Crippen LogP contribution in [0.3, 0.4) is 0 Å². The lowest BCUT2D eigenvalue weighted by atomic mass is 9.99. The molecule has 0 saturated carbocycles. The minimum Gasteiger partial charge on any atom is -0.368 e. The number of nitrogens with zero attached hydrogens (tertiary/aromatic N) is 1. The molecule has 0 spiro atoms. The first-order valence-corrected chi connectivity index (χ1v) is 6.98. The SMILES string of the molecule is CC(=O)c1ccc(N2CCCC2C)c2ccccc12. The Hall–Kier alpha value is -1.83. The van der Waals surface area contributed by atoms with Crippen LogP contribution in [0.15, 0.2) is 36.4 Å². The van der Waals surface area contributed by atoms with E-state index in [1.807, 2.05) is 12.1 Å². The summed E-state index contributed by atoms with van der Waals surface area (Å²) < 4.78 is 0. The maximum Gasteiger partial charge on any atom is 0.160 e. The number of ketones is 1. The minimum atomic E-state index is 0.136. The first kappa shape index (κ1) is 12.2. The second-order valence-electron chi connectivity index (χ2n) is 5.42. The Morgan fingerprint density at radius 3 is 2.53 bits per heavy atom. The van der Waals surface area contributed by atoms with E-state index in [0.717, 1.165) is 17.5 Å². The van der Waals surface area contributed by atoms with E-state index in [4.69, 9.17) is 0 Å². The van der Waals surface area contributed by atoms with E-state index in [1.54, 1.807) is 6.92 Å². The molecule has 98 valence electrons. The highest BCUT2D eigenvalue weighted by atomic mass is 16.1. The van der Waals surface area contributed by atoms with Gasteiger partial charge in [0.1, 0.15) is 0 Å². The van der Waals surface area contributed by atoms with Gasteiger partial charge in [0.2, 0.25) is 0 Å². The number of Topliss-reactive ketones (excluding diaryl/α,β-unsaturated/α-hetero) is 1. The number of carbonyl (C=O) groups is 1. The van der Waals surface area contributed by atoms with Gasteiger partial charge in [0.15, 0.2) is 5.78 Å². The smallest absolute Gasteiger partial charge is 0.160 e. The first-order valence-electron chi connectivity index (χ1n) is 6.98. The molecule has 1 unspecified atom stereocenters. The zero-order valence-electron chi connectivity index (χ0n) is 11.5. The number of fused-ring (bicyclic) bond motifs is 1. The minimum absolute atomic E-state index is 0.136. The summed E-state index contributed by atoms with van der Waals surface area (Å²) in [7, 11) is 0. The molecule has 0 radical (unpaired) electrons. The Balaban J connectivity index is 2.22. The fraction of sp³-hybridized carbons (Fsp3) is 0.353. The number of hydrogen-bond acceptors (Lipinski definition) is 2. The largest absolute Gasteiger partial charge is 0.368 e. The molecular formula is C17H19NO. The molecule has 3 rings (SSSR count). The van der Waals surface area contributed by atoms with Gasteiger partial charge in [-0.05, 0) is 44.2 Å². The highest BCUT2D eigenvalue weighted by Gasteiger charge is 2.22. The van der Waals surface area contributed by atoms with E-state index in [1.165, 1.54) is 23.9 Å². The topological polar surface area (TPSA) is 20.3 Å². The number of rotatable bonds is 2. The molecule has 2 nitrogen and oxygen atoms in total. The number of hydrogen-bond donors (Lipinski definition) is 0. The van der Waals surface area contributed by atoms with Crippen molar-refractivity contribution in [1.82, 2.24) is 0 Å². The van der Waals surface area contributed by atoms with Crippen molar-refractivity contribution in [3.8, 4) is 0 Å². The molecule has 0 aromatic heterocycles. The van der Waals surface area contributed by atoms with Gasteiger partial charge in [-0.25, -0.2) is 0 Å². The Morgan fingerprint density at radius 2 is 1.89 bits per heavy atom. The van der Waals surface area contributed by atoms with E-state index < -0.39 is 0 Å². The van der Waals surface area contributed by atoms with Crippen LogP contribution in [0.1, 0.15) is 37.0 Å². The van der Waals surface area contributed by atoms with Gasteiger partial charge < -0.3 is 4.90 Å². The third kappa shape index (κ3) is 2.01. The third-order valence-electron chi connectivity index (χ3n) is 4.14. The Labute approximate surface area is 114 Å². The summed E-state index contributed by atoms with van der Waals surface area (Å²) in [6.45, 7) is 5.03. The molecule has 2 heteroatoms. The summed E-state index contributed by atoms with van der Waals surface area (Å²) in [5.74, 6) is 0.136. The number of carbonyl (C=O) groups excluding carboxylic acids is 1. The lowest BCUT2D eigenvalue weighted by Crippen LogP contribution is -2.26. The van der Waals surface area contributed by atoms with Gasteiger partial charge in [0.25, 0.3) is 0 Å². The number of benzene rings is 2. The highest BCUT2D eigenvalue weighted by molar-refractivity contribution is 6.10. The quantitative estimate of drug-likeness (QED) is 0.753. The van der Waals surface area contributed by atoms with Gasteiger partial charge in [-0.3, -0.25) is 4.79 Å². The molecule has 1 aliphatic rings. The van der Waals surface area contributed by atoms with Gasteiger partial charge in [-0.2, -0.15) is 0 Å². The van der Waals surface area contributed by atoms with Crippen molar-refractivity contribution in [2.24, 2.45) is 0 Å². The highest BCUT2D eigenvalue weighted by Crippen LogP contribution is 2.33. The van der Waals surface area contributed by atoms with Crippen molar-refractivity contribution >= 4 is 22.2 Å². The normalized spacial score (nSPS) is 19.1. The molecular weight excluding hydrogens is 234 g/mol. The maximum atomic E-state index is 11.7. The fourth-order valence-electron chi connectivity index (χ4n) is 3.13. The Bertz CT molecular complexity index is 632. The van der Waals surface area contributed by atoms with Gasteiger partial charge >= 0.3 is 0 Å². The van der Waals surface area contributed by atoms with Gasteiger partial charge in [0, 0.05) is 29.2 Å². The summed E-state index contributed by atoms with van der Waals surface area (Å²) >= 11 is 0. The zero-order chi connectivity index (χ0) is 13.4. The standard InChI is InChI=1S/C17H19NO/c1-12-6-5-11-18(12)17-10-9-14(13(2)19)15-7-3-4-8-16(15)17/h3-4,7-10,12H,5-6,11H2,1-2H3. The van der Waals surface area contributed by atoms with Crippen molar-refractivity contribution in [3.63, 3.8) is 0 Å². The van der Waals surface area contributed by atoms with Crippen LogP contribution in [-0.2, 0) is 0 Å². The lowest BCUT2D eigenvalue weighted by molar-refractivity contribution is 0.101. The van der Waals surface area contributed by atoms with Crippen molar-refractivity contribution < 1.29 is 4.79 Å². The summed E-state index contributed by atoms with van der Waals surface area (Å²) in [5, 5.41) is 2.27. The van der Waals surface area contributed by atoms with Crippen LogP contribution in [0, 0.1) is 0 Å². The third-order valence-corrected chi connectivity index (χ3v) is 4.14. The van der Waals surface area contributed by atoms with E-state index in [-0.39, 0.29) is 5.78 Å². The van der Waals surface area contributed by atoms with E-state index in [0.29, 0.717) is 6.04 Å². The molecule has 2 aromatic carbocycles. The van der Waals surface area contributed by atoms with Crippen molar-refractivity contribution in [2.45, 2.75) is 32.7 Å². The molecule has 0 bridgehead atoms. The summed E-state index contributed by atoms with van der Waals surface area (Å²) in [6.07, 6.45) is 2.51. The van der Waals surface area contributed by atoms with Crippen LogP contribution in [0.2, 0.25) is 0 Å². The molecule has 0 amide bonds. The first-order chi connectivity index (χ1) is 9.18. The van der Waals surface area contributed by atoms with Crippen LogP contribution in [0.5, 0.6) is 0 Å². The molecule has 1 heterocycles. The molecule has 1 atom stereocenters. The average Bonchev–Trinajstić information content (AvgIpc) is 2.83. The molecule has 1 saturated heterocycles.